The number of carbonyl (C=O) groups is 2. The SMILES string of the molecule is O=C(Nc1ccccc1)NC1CCN(Cc2ccc(C(=O)O)o2)CC1. The number of carboxylic acids is 1. The lowest BCUT2D eigenvalue weighted by atomic mass is 10.1. The molecule has 7 nitrogen and oxygen atoms in total. The number of rotatable bonds is 5. The predicted molar refractivity (Wildman–Crippen MR) is 92.6 cm³/mol. The van der Waals surface area contributed by atoms with Crippen molar-refractivity contribution in [3.05, 3.63) is 54.0 Å². The summed E-state index contributed by atoms with van der Waals surface area (Å²) in [7, 11) is 0. The number of hydrogen-bond donors (Lipinski definition) is 3. The maximum atomic E-state index is 12.0. The average Bonchev–Trinajstić information content (AvgIpc) is 3.06. The molecule has 1 aliphatic heterocycles. The number of hydrogen-bond acceptors (Lipinski definition) is 4. The summed E-state index contributed by atoms with van der Waals surface area (Å²) in [6.45, 7) is 2.22. The van der Waals surface area contributed by atoms with Crippen LogP contribution in [0.5, 0.6) is 0 Å². The van der Waals surface area contributed by atoms with Gasteiger partial charge in [-0.15, -0.1) is 0 Å². The molecule has 0 aliphatic carbocycles. The fraction of sp³-hybridized carbons (Fsp3) is 0.333. The zero-order valence-corrected chi connectivity index (χ0v) is 13.8. The number of nitrogens with one attached hydrogen (secondary N) is 2. The Morgan fingerprint density at radius 2 is 1.84 bits per heavy atom. The van der Waals surface area contributed by atoms with E-state index in [9.17, 15) is 9.59 Å². The lowest BCUT2D eigenvalue weighted by Gasteiger charge is -2.31. The Balaban J connectivity index is 1.42. The number of likely N-dealkylation sites (tertiary alicyclic amines) is 1. The van der Waals surface area contributed by atoms with E-state index in [2.05, 4.69) is 15.5 Å². The van der Waals surface area contributed by atoms with E-state index in [1.807, 2.05) is 30.3 Å². The number of carbonyl (C=O) groups excluding carboxylic acids is 1. The Hall–Kier alpha value is -2.80. The number of benzene rings is 1. The molecule has 0 atom stereocenters. The number of para-hydroxylation sites is 1. The van der Waals surface area contributed by atoms with Crippen molar-refractivity contribution in [3.63, 3.8) is 0 Å². The largest absolute Gasteiger partial charge is 0.475 e. The fourth-order valence-corrected chi connectivity index (χ4v) is 2.91. The highest BCUT2D eigenvalue weighted by atomic mass is 16.4. The topological polar surface area (TPSA) is 94.8 Å². The van der Waals surface area contributed by atoms with Gasteiger partial charge in [0.15, 0.2) is 0 Å². The van der Waals surface area contributed by atoms with Crippen LogP contribution in [0.1, 0.15) is 29.2 Å². The molecule has 0 bridgehead atoms. The molecule has 25 heavy (non-hydrogen) atoms. The van der Waals surface area contributed by atoms with Gasteiger partial charge in [0.2, 0.25) is 5.76 Å². The van der Waals surface area contributed by atoms with E-state index in [1.165, 1.54) is 6.07 Å². The molecule has 7 heteroatoms. The summed E-state index contributed by atoms with van der Waals surface area (Å²) in [6, 6.07) is 12.4. The summed E-state index contributed by atoms with van der Waals surface area (Å²) in [4.78, 5) is 25.0. The quantitative estimate of drug-likeness (QED) is 0.776. The van der Waals surface area contributed by atoms with Gasteiger partial charge in [-0.3, -0.25) is 4.90 Å². The molecule has 2 heterocycles. The van der Waals surface area contributed by atoms with E-state index in [0.717, 1.165) is 31.6 Å². The highest BCUT2D eigenvalue weighted by Crippen LogP contribution is 2.16. The standard InChI is InChI=1S/C18H21N3O4/c22-17(23)16-7-6-15(25-16)12-21-10-8-14(9-11-21)20-18(24)19-13-4-2-1-3-5-13/h1-7,14H,8-12H2,(H,22,23)(H2,19,20,24). The molecular weight excluding hydrogens is 322 g/mol. The highest BCUT2D eigenvalue weighted by molar-refractivity contribution is 5.89. The lowest BCUT2D eigenvalue weighted by molar-refractivity contribution is 0.0657. The van der Waals surface area contributed by atoms with Crippen molar-refractivity contribution in [2.45, 2.75) is 25.4 Å². The van der Waals surface area contributed by atoms with Crippen LogP contribution in [0.25, 0.3) is 0 Å². The zero-order valence-electron chi connectivity index (χ0n) is 13.8. The minimum atomic E-state index is -1.06. The number of carboxylic acid groups (broad SMARTS) is 1. The molecule has 3 rings (SSSR count). The molecule has 2 aromatic rings. The number of furan rings is 1. The Bertz CT molecular complexity index is 721. The third kappa shape index (κ3) is 4.84. The van der Waals surface area contributed by atoms with Crippen LogP contribution < -0.4 is 10.6 Å². The Labute approximate surface area is 145 Å². The van der Waals surface area contributed by atoms with Crippen LogP contribution in [0.15, 0.2) is 46.9 Å². The first-order chi connectivity index (χ1) is 12.1. The van der Waals surface area contributed by atoms with Crippen molar-refractivity contribution in [1.29, 1.82) is 0 Å². The van der Waals surface area contributed by atoms with Crippen molar-refractivity contribution in [2.24, 2.45) is 0 Å². The van der Waals surface area contributed by atoms with Crippen molar-refractivity contribution in [3.8, 4) is 0 Å². The highest BCUT2D eigenvalue weighted by Gasteiger charge is 2.22. The molecule has 3 N–H and O–H groups in total. The second-order valence-corrected chi connectivity index (χ2v) is 6.09. The summed E-state index contributed by atoms with van der Waals surface area (Å²) in [5.74, 6) is -0.451. The maximum absolute atomic E-state index is 12.0. The molecule has 0 unspecified atom stereocenters. The van der Waals surface area contributed by atoms with Crippen molar-refractivity contribution in [2.75, 3.05) is 18.4 Å². The lowest BCUT2D eigenvalue weighted by Crippen LogP contribution is -2.45. The molecule has 1 aliphatic rings. The molecule has 1 aromatic heterocycles. The van der Waals surface area contributed by atoms with Gasteiger partial charge in [-0.25, -0.2) is 9.59 Å². The van der Waals surface area contributed by atoms with Gasteiger partial charge in [0.25, 0.3) is 0 Å². The minimum Gasteiger partial charge on any atom is -0.475 e. The average molecular weight is 343 g/mol. The van der Waals surface area contributed by atoms with Crippen molar-refractivity contribution >= 4 is 17.7 Å². The first kappa shape index (κ1) is 17.0. The molecule has 1 saturated heterocycles. The van der Waals surface area contributed by atoms with E-state index < -0.39 is 5.97 Å². The van der Waals surface area contributed by atoms with E-state index in [-0.39, 0.29) is 17.8 Å². The number of amides is 2. The van der Waals surface area contributed by atoms with Crippen LogP contribution >= 0.6 is 0 Å². The molecule has 1 aromatic carbocycles. The van der Waals surface area contributed by atoms with E-state index in [4.69, 9.17) is 9.52 Å². The van der Waals surface area contributed by atoms with Crippen LogP contribution in [-0.2, 0) is 6.54 Å². The van der Waals surface area contributed by atoms with E-state index in [1.54, 1.807) is 6.07 Å². The summed E-state index contributed by atoms with van der Waals surface area (Å²) in [5.41, 5.74) is 0.768. The van der Waals surface area contributed by atoms with Gasteiger partial charge in [0, 0.05) is 24.8 Å². The Kier molecular flexibility index (Phi) is 5.35. The fourth-order valence-electron chi connectivity index (χ4n) is 2.91. The molecule has 0 radical (unpaired) electrons. The number of anilines is 1. The van der Waals surface area contributed by atoms with Gasteiger partial charge >= 0.3 is 12.0 Å². The Morgan fingerprint density at radius 3 is 2.48 bits per heavy atom. The summed E-state index contributed by atoms with van der Waals surface area (Å²) in [5, 5.41) is 14.7. The zero-order chi connectivity index (χ0) is 17.6. The Morgan fingerprint density at radius 1 is 1.12 bits per heavy atom. The minimum absolute atomic E-state index is 0.0378. The smallest absolute Gasteiger partial charge is 0.371 e. The second-order valence-electron chi connectivity index (χ2n) is 6.09. The molecule has 132 valence electrons. The third-order valence-corrected chi connectivity index (χ3v) is 4.21. The van der Waals surface area contributed by atoms with Crippen LogP contribution in [0.2, 0.25) is 0 Å². The first-order valence-corrected chi connectivity index (χ1v) is 8.27. The molecule has 1 fully saturated rings. The first-order valence-electron chi connectivity index (χ1n) is 8.27. The van der Waals surface area contributed by atoms with E-state index >= 15 is 0 Å². The van der Waals surface area contributed by atoms with Gasteiger partial charge in [-0.05, 0) is 37.1 Å². The summed E-state index contributed by atoms with van der Waals surface area (Å²) < 4.78 is 5.28. The molecular formula is C18H21N3O4. The molecule has 0 spiro atoms. The number of piperidine rings is 1. The normalized spacial score (nSPS) is 15.7. The monoisotopic (exact) mass is 343 g/mol. The maximum Gasteiger partial charge on any atom is 0.371 e. The number of aromatic carboxylic acids is 1. The van der Waals surface area contributed by atoms with Crippen molar-refractivity contribution in [1.82, 2.24) is 10.2 Å². The van der Waals surface area contributed by atoms with Crippen molar-refractivity contribution < 1.29 is 19.1 Å². The van der Waals surface area contributed by atoms with Gasteiger partial charge in [0.05, 0.1) is 6.54 Å². The summed E-state index contributed by atoms with van der Waals surface area (Å²) >= 11 is 0. The van der Waals surface area contributed by atoms with Crippen LogP contribution in [-0.4, -0.2) is 41.1 Å². The van der Waals surface area contributed by atoms with Crippen LogP contribution in [0, 0.1) is 0 Å². The van der Waals surface area contributed by atoms with Gasteiger partial charge < -0.3 is 20.2 Å². The van der Waals surface area contributed by atoms with Crippen LogP contribution in [0.3, 0.4) is 0 Å². The van der Waals surface area contributed by atoms with Crippen LogP contribution in [0.4, 0.5) is 10.5 Å². The molecule has 2 amide bonds. The predicted octanol–water partition coefficient (Wildman–Crippen LogP) is 2.76. The summed E-state index contributed by atoms with van der Waals surface area (Å²) in [6.07, 6.45) is 1.68. The second kappa shape index (κ2) is 7.85. The number of urea groups is 1. The van der Waals surface area contributed by atoms with Gasteiger partial charge in [-0.2, -0.15) is 0 Å². The third-order valence-electron chi connectivity index (χ3n) is 4.21. The molecule has 0 saturated carbocycles. The van der Waals surface area contributed by atoms with Gasteiger partial charge in [0.1, 0.15) is 5.76 Å². The number of nitrogens with zero attached hydrogens (tertiary/aromatic N) is 1. The van der Waals surface area contributed by atoms with Gasteiger partial charge in [-0.1, -0.05) is 18.2 Å². The van der Waals surface area contributed by atoms with E-state index in [0.29, 0.717) is 12.3 Å².